The average molecular weight is 445 g/mol. The summed E-state index contributed by atoms with van der Waals surface area (Å²) in [4.78, 5) is 22.7. The molecule has 28 heavy (non-hydrogen) atoms. The van der Waals surface area contributed by atoms with Crippen molar-refractivity contribution in [2.75, 3.05) is 13.1 Å². The smallest absolute Gasteiger partial charge is 0.314 e. The number of halogens is 2. The number of aliphatic carboxylic acids is 1. The van der Waals surface area contributed by atoms with Crippen molar-refractivity contribution >= 4 is 36.8 Å². The molecule has 2 saturated carbocycles. The number of ether oxygens (including phenoxy) is 1. The monoisotopic (exact) mass is 444 g/mol. The van der Waals surface area contributed by atoms with E-state index in [4.69, 9.17) is 32.8 Å². The van der Waals surface area contributed by atoms with Crippen molar-refractivity contribution in [1.82, 2.24) is 0 Å². The van der Waals surface area contributed by atoms with Crippen LogP contribution in [0.1, 0.15) is 60.3 Å². The highest BCUT2D eigenvalue weighted by atomic mass is 35.5. The molecule has 0 saturated heterocycles. The van der Waals surface area contributed by atoms with Gasteiger partial charge >= 0.3 is 11.9 Å². The minimum absolute atomic E-state index is 0. The van der Waals surface area contributed by atoms with E-state index in [-0.39, 0.29) is 37.3 Å². The van der Waals surface area contributed by atoms with Gasteiger partial charge in [0.1, 0.15) is 5.60 Å². The molecule has 9 N–H and O–H groups in total. The second kappa shape index (κ2) is 9.45. The van der Waals surface area contributed by atoms with Gasteiger partial charge in [-0.05, 0) is 60.3 Å². The molecule has 8 nitrogen and oxygen atoms in total. The molecule has 2 atom stereocenters. The molecule has 0 radical (unpaired) electrons. The number of rotatable bonds is 6. The van der Waals surface area contributed by atoms with Gasteiger partial charge in [-0.25, -0.2) is 0 Å². The molecule has 2 aliphatic rings. The summed E-state index contributed by atoms with van der Waals surface area (Å²) in [6.45, 7) is 9.62. The number of carbonyl (C=O) groups excluding carboxylic acids is 1. The van der Waals surface area contributed by atoms with Crippen LogP contribution in [-0.2, 0) is 14.3 Å². The summed E-state index contributed by atoms with van der Waals surface area (Å²) < 4.78 is 5.38. The quantitative estimate of drug-likeness (QED) is 0.380. The van der Waals surface area contributed by atoms with E-state index in [0.717, 1.165) is 12.8 Å². The van der Waals surface area contributed by atoms with Crippen molar-refractivity contribution in [3.05, 3.63) is 0 Å². The van der Waals surface area contributed by atoms with Crippen LogP contribution in [0.25, 0.3) is 0 Å². The number of carboxylic acids is 1. The van der Waals surface area contributed by atoms with Crippen molar-refractivity contribution in [3.8, 4) is 0 Å². The lowest BCUT2D eigenvalue weighted by atomic mass is 9.83. The van der Waals surface area contributed by atoms with Gasteiger partial charge in [-0.15, -0.1) is 24.8 Å². The minimum atomic E-state index is -0.812. The van der Waals surface area contributed by atoms with Gasteiger partial charge in [0.25, 0.3) is 0 Å². The van der Waals surface area contributed by atoms with Gasteiger partial charge in [0.05, 0.1) is 10.8 Å². The summed E-state index contributed by atoms with van der Waals surface area (Å²) in [5.41, 5.74) is 19.6. The highest BCUT2D eigenvalue weighted by Crippen LogP contribution is 2.54. The Morgan fingerprint density at radius 2 is 1.18 bits per heavy atom. The molecule has 0 aromatic carbocycles. The first kappa shape index (κ1) is 29.6. The number of hydrogen-bond acceptors (Lipinski definition) is 7. The molecule has 0 aromatic rings. The summed E-state index contributed by atoms with van der Waals surface area (Å²) in [5.74, 6) is -1.02. The van der Waals surface area contributed by atoms with Crippen LogP contribution >= 0.6 is 24.8 Å². The van der Waals surface area contributed by atoms with Gasteiger partial charge in [0, 0.05) is 24.2 Å². The second-order valence-electron chi connectivity index (χ2n) is 9.21. The van der Waals surface area contributed by atoms with Crippen LogP contribution in [0.15, 0.2) is 0 Å². The fraction of sp³-hybridized carbons (Fsp3) is 0.889. The highest BCUT2D eigenvalue weighted by Gasteiger charge is 2.62. The Balaban J connectivity index is 0. The van der Waals surface area contributed by atoms with Gasteiger partial charge in [-0.3, -0.25) is 9.59 Å². The molecule has 0 heterocycles. The Morgan fingerprint density at radius 3 is 1.36 bits per heavy atom. The van der Waals surface area contributed by atoms with Gasteiger partial charge < -0.3 is 32.8 Å². The van der Waals surface area contributed by atoms with E-state index in [9.17, 15) is 9.59 Å². The first-order valence-electron chi connectivity index (χ1n) is 9.06. The minimum Gasteiger partial charge on any atom is -0.481 e. The molecule has 0 spiro atoms. The summed E-state index contributed by atoms with van der Waals surface area (Å²) in [7, 11) is 0. The van der Waals surface area contributed by atoms with Crippen LogP contribution in [0.4, 0.5) is 0 Å². The molecule has 0 bridgehead atoms. The van der Waals surface area contributed by atoms with Crippen LogP contribution in [0.2, 0.25) is 0 Å². The first-order valence-corrected chi connectivity index (χ1v) is 9.06. The molecular weight excluding hydrogens is 407 g/mol. The van der Waals surface area contributed by atoms with Crippen molar-refractivity contribution in [1.29, 1.82) is 0 Å². The fourth-order valence-electron chi connectivity index (χ4n) is 3.05. The Bertz CT molecular complexity index is 554. The number of carbonyl (C=O) groups is 2. The topological polar surface area (TPSA) is 168 Å². The second-order valence-corrected chi connectivity index (χ2v) is 9.21. The third-order valence-corrected chi connectivity index (χ3v) is 5.73. The van der Waals surface area contributed by atoms with Gasteiger partial charge in [0.15, 0.2) is 0 Å². The normalized spacial score (nSPS) is 22.5. The van der Waals surface area contributed by atoms with Crippen LogP contribution in [0.3, 0.4) is 0 Å². The summed E-state index contributed by atoms with van der Waals surface area (Å²) in [6, 6.07) is 0. The predicted molar refractivity (Wildman–Crippen MR) is 115 cm³/mol. The van der Waals surface area contributed by atoms with Crippen LogP contribution in [0, 0.1) is 10.8 Å². The van der Waals surface area contributed by atoms with E-state index in [2.05, 4.69) is 0 Å². The van der Waals surface area contributed by atoms with E-state index < -0.39 is 33.5 Å². The molecule has 0 aliphatic heterocycles. The molecule has 2 rings (SSSR count). The summed E-state index contributed by atoms with van der Waals surface area (Å²) in [5, 5.41) is 8.83. The average Bonchev–Trinajstić information content (AvgIpc) is 3.38. The van der Waals surface area contributed by atoms with Crippen LogP contribution < -0.4 is 22.9 Å². The lowest BCUT2D eigenvalue weighted by Gasteiger charge is -2.33. The number of hydrogen-bond donors (Lipinski definition) is 5. The summed E-state index contributed by atoms with van der Waals surface area (Å²) in [6.07, 6.45) is 2.89. The van der Waals surface area contributed by atoms with Gasteiger partial charge in [0.2, 0.25) is 0 Å². The van der Waals surface area contributed by atoms with Gasteiger partial charge in [-0.1, -0.05) is 0 Å². The Kier molecular flexibility index (Phi) is 9.97. The zero-order valence-electron chi connectivity index (χ0n) is 17.5. The van der Waals surface area contributed by atoms with Crippen molar-refractivity contribution < 1.29 is 19.4 Å². The maximum atomic E-state index is 12.0. The van der Waals surface area contributed by atoms with E-state index in [0.29, 0.717) is 19.4 Å². The van der Waals surface area contributed by atoms with Crippen LogP contribution in [0.5, 0.6) is 0 Å². The Hall–Kier alpha value is -0.640. The lowest BCUT2D eigenvalue weighted by molar-refractivity contribution is -0.164. The molecule has 168 valence electrons. The maximum absolute atomic E-state index is 12.0. The summed E-state index contributed by atoms with van der Waals surface area (Å²) >= 11 is 0. The number of carboxylic acid groups (broad SMARTS) is 1. The van der Waals surface area contributed by atoms with E-state index in [1.54, 1.807) is 6.92 Å². The van der Waals surface area contributed by atoms with Gasteiger partial charge in [-0.2, -0.15) is 0 Å². The SMILES string of the molecule is CC(C)(C)OC(=O)C1(C(C)(N)CN)CC1.CC(N)(CN)C1(C(=O)O)CC1.Cl.Cl. The molecule has 2 unspecified atom stereocenters. The maximum Gasteiger partial charge on any atom is 0.314 e. The van der Waals surface area contributed by atoms with Crippen molar-refractivity contribution in [2.24, 2.45) is 33.8 Å². The third kappa shape index (κ3) is 5.93. The number of nitrogens with two attached hydrogens (primary N) is 4. The standard InChI is InChI=1S/C11H22N2O2.C7H14N2O2.2ClH/c1-9(2,3)15-8(14)11(5-6-11)10(4,13)7-12;1-6(9,4-8)7(2-3-7)5(10)11;;/h5-7,12-13H2,1-4H3;2-4,8-9H2,1H3,(H,10,11);2*1H. The van der Waals surface area contributed by atoms with E-state index >= 15 is 0 Å². The molecule has 2 fully saturated rings. The Labute approximate surface area is 180 Å². The van der Waals surface area contributed by atoms with E-state index in [1.807, 2.05) is 27.7 Å². The predicted octanol–water partition coefficient (Wildman–Crippen LogP) is 1.16. The zero-order valence-corrected chi connectivity index (χ0v) is 19.2. The fourth-order valence-corrected chi connectivity index (χ4v) is 3.05. The third-order valence-electron chi connectivity index (χ3n) is 5.73. The largest absolute Gasteiger partial charge is 0.481 e. The van der Waals surface area contributed by atoms with Crippen LogP contribution in [-0.4, -0.2) is 46.8 Å². The first-order chi connectivity index (χ1) is 11.6. The zero-order chi connectivity index (χ0) is 20.6. The Morgan fingerprint density at radius 1 is 0.857 bits per heavy atom. The van der Waals surface area contributed by atoms with Crippen molar-refractivity contribution in [3.63, 3.8) is 0 Å². The molecule has 0 amide bonds. The number of esters is 1. The molecular formula is C18H38Cl2N4O4. The van der Waals surface area contributed by atoms with E-state index in [1.165, 1.54) is 0 Å². The molecule has 10 heteroatoms. The highest BCUT2D eigenvalue weighted by molar-refractivity contribution is 5.85. The molecule has 2 aliphatic carbocycles. The van der Waals surface area contributed by atoms with Crippen molar-refractivity contribution in [2.45, 2.75) is 77.0 Å². The lowest BCUT2D eigenvalue weighted by Crippen LogP contribution is -2.56. The molecule has 0 aromatic heterocycles.